The lowest BCUT2D eigenvalue weighted by atomic mass is 9.95. The molecule has 0 saturated carbocycles. The first-order valence-corrected chi connectivity index (χ1v) is 9.75. The third-order valence-corrected chi connectivity index (χ3v) is 5.02. The minimum absolute atomic E-state index is 0.0372. The second-order valence-electron chi connectivity index (χ2n) is 6.82. The molecule has 0 saturated heterocycles. The number of rotatable bonds is 8. The van der Waals surface area contributed by atoms with Crippen molar-refractivity contribution in [2.75, 3.05) is 6.54 Å². The van der Waals surface area contributed by atoms with Crippen LogP contribution < -0.4 is 0 Å². The third-order valence-electron chi connectivity index (χ3n) is 4.77. The molecule has 0 unspecified atom stereocenters. The molecule has 3 rings (SSSR count). The summed E-state index contributed by atoms with van der Waals surface area (Å²) in [5.41, 5.74) is 1.37. The molecule has 2 N–H and O–H groups in total. The minimum atomic E-state index is -0.982. The highest BCUT2D eigenvalue weighted by Gasteiger charge is 2.42. The lowest BCUT2D eigenvalue weighted by Gasteiger charge is -2.26. The first kappa shape index (κ1) is 21.3. The third kappa shape index (κ3) is 4.78. The summed E-state index contributed by atoms with van der Waals surface area (Å²) in [4.78, 5) is 37.8. The van der Waals surface area contributed by atoms with Crippen LogP contribution in [0.1, 0.15) is 30.0 Å². The zero-order valence-corrected chi connectivity index (χ0v) is 16.7. The number of carboxylic acid groups (broad SMARTS) is 1. The SMILES string of the molecule is O=C(O)CCCN1C(=O)C(O)=C(C(=O)/C=C/c2ccccc2)[C@@H]1c1ccc(Cl)cc1. The Morgan fingerprint density at radius 3 is 2.37 bits per heavy atom. The van der Waals surface area contributed by atoms with E-state index in [1.54, 1.807) is 30.3 Å². The highest BCUT2D eigenvalue weighted by atomic mass is 35.5. The van der Waals surface area contributed by atoms with Crippen LogP contribution in [0.2, 0.25) is 5.02 Å². The topological polar surface area (TPSA) is 94.9 Å². The van der Waals surface area contributed by atoms with E-state index < -0.39 is 29.5 Å². The van der Waals surface area contributed by atoms with E-state index in [0.717, 1.165) is 5.56 Å². The predicted octanol–water partition coefficient (Wildman–Crippen LogP) is 4.18. The molecule has 6 nitrogen and oxygen atoms in total. The van der Waals surface area contributed by atoms with Gasteiger partial charge in [-0.3, -0.25) is 14.4 Å². The monoisotopic (exact) mass is 425 g/mol. The van der Waals surface area contributed by atoms with Crippen LogP contribution in [0.15, 0.2) is 72.0 Å². The van der Waals surface area contributed by atoms with Crippen molar-refractivity contribution in [3.05, 3.63) is 88.2 Å². The normalized spacial score (nSPS) is 16.5. The molecular formula is C23H20ClNO5. The number of aliphatic hydroxyl groups excluding tert-OH is 1. The van der Waals surface area contributed by atoms with E-state index in [2.05, 4.69) is 0 Å². The summed E-state index contributed by atoms with van der Waals surface area (Å²) in [7, 11) is 0. The first-order valence-electron chi connectivity index (χ1n) is 9.37. The van der Waals surface area contributed by atoms with Gasteiger partial charge < -0.3 is 15.1 Å². The Hall–Kier alpha value is -3.38. The maximum Gasteiger partial charge on any atom is 0.303 e. The Balaban J connectivity index is 1.94. The van der Waals surface area contributed by atoms with E-state index in [-0.39, 0.29) is 25.0 Å². The summed E-state index contributed by atoms with van der Waals surface area (Å²) < 4.78 is 0. The van der Waals surface area contributed by atoms with Gasteiger partial charge in [-0.05, 0) is 35.8 Å². The quantitative estimate of drug-likeness (QED) is 0.618. The Morgan fingerprint density at radius 2 is 1.73 bits per heavy atom. The molecule has 0 bridgehead atoms. The van der Waals surface area contributed by atoms with E-state index in [1.165, 1.54) is 11.0 Å². The maximum absolute atomic E-state index is 12.9. The summed E-state index contributed by atoms with van der Waals surface area (Å²) in [5, 5.41) is 19.9. The maximum atomic E-state index is 12.9. The highest BCUT2D eigenvalue weighted by molar-refractivity contribution is 6.30. The molecule has 2 aromatic rings. The van der Waals surface area contributed by atoms with Crippen LogP contribution in [0.4, 0.5) is 0 Å². The van der Waals surface area contributed by atoms with Crippen LogP contribution in [0.5, 0.6) is 0 Å². The average molecular weight is 426 g/mol. The molecule has 7 heteroatoms. The second kappa shape index (κ2) is 9.41. The van der Waals surface area contributed by atoms with Gasteiger partial charge in [-0.25, -0.2) is 0 Å². The van der Waals surface area contributed by atoms with Gasteiger partial charge in [-0.15, -0.1) is 0 Å². The van der Waals surface area contributed by atoms with Crippen LogP contribution in [0, 0.1) is 0 Å². The summed E-state index contributed by atoms with van der Waals surface area (Å²) in [5.74, 6) is -2.79. The molecule has 1 aliphatic heterocycles. The summed E-state index contributed by atoms with van der Waals surface area (Å²) in [6.45, 7) is 0.0850. The van der Waals surface area contributed by atoms with Crippen molar-refractivity contribution in [2.24, 2.45) is 0 Å². The fourth-order valence-corrected chi connectivity index (χ4v) is 3.48. The van der Waals surface area contributed by atoms with Crippen LogP contribution in [0.3, 0.4) is 0 Å². The molecular weight excluding hydrogens is 406 g/mol. The number of nitrogens with zero attached hydrogens (tertiary/aromatic N) is 1. The van der Waals surface area contributed by atoms with Crippen LogP contribution >= 0.6 is 11.6 Å². The van der Waals surface area contributed by atoms with Gasteiger partial charge in [0.2, 0.25) is 0 Å². The van der Waals surface area contributed by atoms with Crippen molar-refractivity contribution in [1.82, 2.24) is 4.90 Å². The van der Waals surface area contributed by atoms with E-state index in [4.69, 9.17) is 16.7 Å². The number of aliphatic carboxylic acids is 1. The zero-order chi connectivity index (χ0) is 21.7. The lowest BCUT2D eigenvalue weighted by Crippen LogP contribution is -2.32. The molecule has 0 aromatic heterocycles. The van der Waals surface area contributed by atoms with E-state index in [0.29, 0.717) is 10.6 Å². The number of hydrogen-bond donors (Lipinski definition) is 2. The molecule has 0 radical (unpaired) electrons. The molecule has 154 valence electrons. The first-order chi connectivity index (χ1) is 14.4. The Kier molecular flexibility index (Phi) is 6.69. The number of aliphatic hydroxyl groups is 1. The minimum Gasteiger partial charge on any atom is -0.503 e. The van der Waals surface area contributed by atoms with Gasteiger partial charge in [0.25, 0.3) is 5.91 Å². The molecule has 1 atom stereocenters. The van der Waals surface area contributed by atoms with Crippen molar-refractivity contribution >= 4 is 35.3 Å². The molecule has 0 aliphatic carbocycles. The number of amides is 1. The fourth-order valence-electron chi connectivity index (χ4n) is 3.35. The van der Waals surface area contributed by atoms with Crippen molar-refractivity contribution in [3.8, 4) is 0 Å². The molecule has 1 aliphatic rings. The van der Waals surface area contributed by atoms with Crippen molar-refractivity contribution < 1.29 is 24.6 Å². The Morgan fingerprint density at radius 1 is 1.07 bits per heavy atom. The van der Waals surface area contributed by atoms with E-state index >= 15 is 0 Å². The number of hydrogen-bond acceptors (Lipinski definition) is 4. The molecule has 1 amide bonds. The molecule has 2 aromatic carbocycles. The molecule has 1 heterocycles. The Labute approximate surface area is 178 Å². The van der Waals surface area contributed by atoms with Crippen LogP contribution in [0.25, 0.3) is 6.08 Å². The molecule has 0 fully saturated rings. The number of halogens is 1. The summed E-state index contributed by atoms with van der Waals surface area (Å²) >= 11 is 5.96. The van der Waals surface area contributed by atoms with Crippen molar-refractivity contribution in [1.29, 1.82) is 0 Å². The molecule has 0 spiro atoms. The van der Waals surface area contributed by atoms with Gasteiger partial charge in [0.15, 0.2) is 11.5 Å². The Bertz CT molecular complexity index is 1010. The van der Waals surface area contributed by atoms with Gasteiger partial charge in [-0.2, -0.15) is 0 Å². The van der Waals surface area contributed by atoms with Gasteiger partial charge >= 0.3 is 5.97 Å². The van der Waals surface area contributed by atoms with Crippen molar-refractivity contribution in [3.63, 3.8) is 0 Å². The lowest BCUT2D eigenvalue weighted by molar-refractivity contribution is -0.138. The predicted molar refractivity (Wildman–Crippen MR) is 113 cm³/mol. The smallest absolute Gasteiger partial charge is 0.303 e. The number of carboxylic acids is 1. The standard InChI is InChI=1S/C23H20ClNO5/c24-17-11-9-16(10-12-17)21-20(18(26)13-8-15-5-2-1-3-6-15)22(29)23(30)25(21)14-4-7-19(27)28/h1-3,5-6,8-13,21,29H,4,7,14H2,(H,27,28)/b13-8+/t21-/m0/s1. The van der Waals surface area contributed by atoms with Gasteiger partial charge in [0, 0.05) is 18.0 Å². The largest absolute Gasteiger partial charge is 0.503 e. The highest BCUT2D eigenvalue weighted by Crippen LogP contribution is 2.38. The summed E-state index contributed by atoms with van der Waals surface area (Å²) in [6.07, 6.45) is 2.99. The van der Waals surface area contributed by atoms with E-state index in [1.807, 2.05) is 30.3 Å². The van der Waals surface area contributed by atoms with Crippen molar-refractivity contribution in [2.45, 2.75) is 18.9 Å². The molecule has 30 heavy (non-hydrogen) atoms. The van der Waals surface area contributed by atoms with Gasteiger partial charge in [0.1, 0.15) is 0 Å². The number of carbonyl (C=O) groups is 3. The average Bonchev–Trinajstić information content (AvgIpc) is 2.98. The zero-order valence-electron chi connectivity index (χ0n) is 16.0. The fraction of sp³-hybridized carbons (Fsp3) is 0.174. The van der Waals surface area contributed by atoms with Gasteiger partial charge in [-0.1, -0.05) is 60.1 Å². The summed E-state index contributed by atoms with van der Waals surface area (Å²) in [6, 6.07) is 15.0. The van der Waals surface area contributed by atoms with Crippen LogP contribution in [-0.2, 0) is 14.4 Å². The second-order valence-corrected chi connectivity index (χ2v) is 7.26. The number of ketones is 1. The van der Waals surface area contributed by atoms with Gasteiger partial charge in [0.05, 0.1) is 11.6 Å². The van der Waals surface area contributed by atoms with E-state index in [9.17, 15) is 19.5 Å². The number of carbonyl (C=O) groups excluding carboxylic acids is 2. The van der Waals surface area contributed by atoms with Crippen LogP contribution in [-0.4, -0.2) is 39.3 Å². The number of allylic oxidation sites excluding steroid dienone is 1. The number of benzene rings is 2.